The van der Waals surface area contributed by atoms with Gasteiger partial charge in [-0.15, -0.1) is 16.9 Å². The van der Waals surface area contributed by atoms with Gasteiger partial charge in [0.1, 0.15) is 0 Å². The normalized spacial score (nSPS) is 10.8. The third-order valence-electron chi connectivity index (χ3n) is 3.07. The van der Waals surface area contributed by atoms with Crippen molar-refractivity contribution in [3.05, 3.63) is 58.3 Å². The summed E-state index contributed by atoms with van der Waals surface area (Å²) < 4.78 is 11.1. The Morgan fingerprint density at radius 2 is 1.96 bits per heavy atom. The van der Waals surface area contributed by atoms with Crippen molar-refractivity contribution in [1.29, 1.82) is 0 Å². The molecule has 1 amide bonds. The molecule has 0 atom stereocenters. The van der Waals surface area contributed by atoms with Crippen LogP contribution in [0.15, 0.2) is 54.8 Å². The fourth-order valence-electron chi connectivity index (χ4n) is 2.02. The molecule has 0 saturated carbocycles. The van der Waals surface area contributed by atoms with E-state index in [2.05, 4.69) is 50.5 Å². The van der Waals surface area contributed by atoms with E-state index in [1.54, 1.807) is 23.9 Å². The van der Waals surface area contributed by atoms with Gasteiger partial charge in [0.25, 0.3) is 5.91 Å². The van der Waals surface area contributed by atoms with Crippen molar-refractivity contribution in [3.63, 3.8) is 0 Å². The maximum Gasteiger partial charge on any atom is 0.322 e. The Balaban J connectivity index is 1.61. The van der Waals surface area contributed by atoms with Crippen molar-refractivity contribution in [1.82, 2.24) is 10.2 Å². The maximum absolute atomic E-state index is 11.9. The summed E-state index contributed by atoms with van der Waals surface area (Å²) in [5.74, 6) is 1.18. The van der Waals surface area contributed by atoms with Crippen LogP contribution in [0, 0.1) is 0 Å². The highest BCUT2D eigenvalue weighted by Gasteiger charge is 2.15. The van der Waals surface area contributed by atoms with E-state index in [-0.39, 0.29) is 11.8 Å². The molecule has 3 rings (SSSR count). The molecule has 0 fully saturated rings. The molecule has 0 spiro atoms. The fraction of sp³-hybridized carbons (Fsp3) is 0.188. The lowest BCUT2D eigenvalue weighted by molar-refractivity contribution is 0.0992. The summed E-state index contributed by atoms with van der Waals surface area (Å²) in [6.07, 6.45) is 0.506. The molecule has 0 aliphatic heterocycles. The van der Waals surface area contributed by atoms with Crippen LogP contribution in [0.4, 0.5) is 6.01 Å². The van der Waals surface area contributed by atoms with Crippen molar-refractivity contribution < 1.29 is 13.6 Å². The smallest absolute Gasteiger partial charge is 0.322 e. The number of nitrogens with one attached hydrogen (secondary N) is 1. The third-order valence-corrected chi connectivity index (χ3v) is 4.39. The number of benzene rings is 1. The van der Waals surface area contributed by atoms with Gasteiger partial charge in [-0.2, -0.15) is 0 Å². The second-order valence-electron chi connectivity index (χ2n) is 4.81. The van der Waals surface area contributed by atoms with Crippen molar-refractivity contribution in [3.8, 4) is 0 Å². The first-order valence-corrected chi connectivity index (χ1v) is 9.02. The van der Waals surface area contributed by atoms with Crippen LogP contribution in [0.25, 0.3) is 0 Å². The zero-order valence-corrected chi connectivity index (χ0v) is 15.2. The summed E-state index contributed by atoms with van der Waals surface area (Å²) in [5.41, 5.74) is 1.06. The van der Waals surface area contributed by atoms with Crippen LogP contribution < -0.4 is 5.32 Å². The molecular formula is C16H14BrN3O3S. The quantitative estimate of drug-likeness (QED) is 0.610. The first-order valence-electron chi connectivity index (χ1n) is 7.25. The predicted molar refractivity (Wildman–Crippen MR) is 94.3 cm³/mol. The molecule has 1 aromatic carbocycles. The first-order chi connectivity index (χ1) is 11.6. The summed E-state index contributed by atoms with van der Waals surface area (Å²) in [7, 11) is 0. The lowest BCUT2D eigenvalue weighted by Crippen LogP contribution is -2.10. The number of carbonyl (C=O) groups excluding carboxylic acids is 1. The number of anilines is 1. The lowest BCUT2D eigenvalue weighted by atomic mass is 10.1. The van der Waals surface area contributed by atoms with Crippen LogP contribution in [-0.4, -0.2) is 21.9 Å². The Morgan fingerprint density at radius 3 is 2.62 bits per heavy atom. The van der Waals surface area contributed by atoms with Crippen LogP contribution in [0.5, 0.6) is 0 Å². The van der Waals surface area contributed by atoms with Gasteiger partial charge in [-0.25, -0.2) is 0 Å². The molecule has 8 heteroatoms. The largest absolute Gasteiger partial charge is 0.444 e. The monoisotopic (exact) mass is 407 g/mol. The number of carbonyl (C=O) groups is 1. The fourth-order valence-corrected chi connectivity index (χ4v) is 2.98. The van der Waals surface area contributed by atoms with E-state index in [0.29, 0.717) is 17.0 Å². The van der Waals surface area contributed by atoms with E-state index in [1.807, 2.05) is 12.1 Å². The van der Waals surface area contributed by atoms with E-state index in [9.17, 15) is 4.79 Å². The van der Waals surface area contributed by atoms with Crippen LogP contribution >= 0.6 is 27.7 Å². The molecule has 24 heavy (non-hydrogen) atoms. The van der Waals surface area contributed by atoms with Gasteiger partial charge < -0.3 is 8.83 Å². The molecule has 0 radical (unpaired) electrons. The second kappa shape index (κ2) is 7.67. The minimum atomic E-state index is -0.447. The number of thioether (sulfide) groups is 1. The van der Waals surface area contributed by atoms with Crippen molar-refractivity contribution in [2.75, 3.05) is 11.1 Å². The Morgan fingerprint density at radius 1 is 1.17 bits per heavy atom. The number of nitrogens with zero attached hydrogens (tertiary/aromatic N) is 2. The van der Waals surface area contributed by atoms with E-state index in [4.69, 9.17) is 8.83 Å². The van der Waals surface area contributed by atoms with Crippen molar-refractivity contribution in [2.45, 2.75) is 18.2 Å². The van der Waals surface area contributed by atoms with E-state index in [0.717, 1.165) is 11.3 Å². The molecular weight excluding hydrogens is 394 g/mol. The van der Waals surface area contributed by atoms with Crippen LogP contribution in [-0.2, 0) is 6.42 Å². The molecule has 0 unspecified atom stereocenters. The topological polar surface area (TPSA) is 81.2 Å². The minimum absolute atomic E-state index is 0.0423. The summed E-state index contributed by atoms with van der Waals surface area (Å²) >= 11 is 4.93. The van der Waals surface area contributed by atoms with Gasteiger partial charge in [0, 0.05) is 4.90 Å². The molecule has 1 N–H and O–H groups in total. The number of rotatable bonds is 6. The van der Waals surface area contributed by atoms with Gasteiger partial charge in [-0.3, -0.25) is 10.1 Å². The van der Waals surface area contributed by atoms with Crippen LogP contribution in [0.2, 0.25) is 0 Å². The maximum atomic E-state index is 11.9. The molecule has 2 heterocycles. The highest BCUT2D eigenvalue weighted by molar-refractivity contribution is 9.10. The summed E-state index contributed by atoms with van der Waals surface area (Å²) in [6, 6.07) is 11.4. The first kappa shape index (κ1) is 16.8. The summed E-state index contributed by atoms with van der Waals surface area (Å²) in [4.78, 5) is 13.2. The number of hydrogen-bond acceptors (Lipinski definition) is 6. The summed E-state index contributed by atoms with van der Waals surface area (Å²) in [5, 5.41) is 10.3. The van der Waals surface area contributed by atoms with Gasteiger partial charge >= 0.3 is 6.01 Å². The van der Waals surface area contributed by atoms with E-state index in [1.165, 1.54) is 4.90 Å². The Bertz CT molecular complexity index is 829. The summed E-state index contributed by atoms with van der Waals surface area (Å²) in [6.45, 7) is 2.12. The number of furan rings is 1. The number of amides is 1. The molecule has 0 aliphatic rings. The molecule has 0 aliphatic carbocycles. The Kier molecular flexibility index (Phi) is 5.37. The average Bonchev–Trinajstić information content (AvgIpc) is 3.19. The molecule has 0 saturated heterocycles. The zero-order valence-electron chi connectivity index (χ0n) is 12.8. The number of hydrogen-bond donors (Lipinski definition) is 1. The molecule has 3 aromatic rings. The minimum Gasteiger partial charge on any atom is -0.444 e. The van der Waals surface area contributed by atoms with Crippen LogP contribution in [0.1, 0.15) is 28.9 Å². The highest BCUT2D eigenvalue weighted by Crippen LogP contribution is 2.20. The zero-order chi connectivity index (χ0) is 16.9. The number of halogens is 1. The van der Waals surface area contributed by atoms with E-state index >= 15 is 0 Å². The SMILES string of the molecule is CCSc1ccc(Cc2nnc(NC(=O)c3ccc(Br)o3)o2)cc1. The van der Waals surface area contributed by atoms with Crippen molar-refractivity contribution >= 4 is 39.6 Å². The molecule has 0 bridgehead atoms. The van der Waals surface area contributed by atoms with Gasteiger partial charge in [0.2, 0.25) is 5.89 Å². The third kappa shape index (κ3) is 4.27. The Hall–Kier alpha value is -2.06. The average molecular weight is 408 g/mol. The Labute approximate surface area is 151 Å². The van der Waals surface area contributed by atoms with Crippen LogP contribution in [0.3, 0.4) is 0 Å². The highest BCUT2D eigenvalue weighted by atomic mass is 79.9. The van der Waals surface area contributed by atoms with Gasteiger partial charge in [-0.1, -0.05) is 24.2 Å². The van der Waals surface area contributed by atoms with Crippen molar-refractivity contribution in [2.24, 2.45) is 0 Å². The standard InChI is InChI=1S/C16H14BrN3O3S/c1-2-24-11-5-3-10(4-6-11)9-14-19-20-16(23-14)18-15(21)12-7-8-13(17)22-12/h3-8H,2,9H2,1H3,(H,18,20,21). The van der Waals surface area contributed by atoms with Gasteiger partial charge in [0.05, 0.1) is 6.42 Å². The van der Waals surface area contributed by atoms with Gasteiger partial charge in [-0.05, 0) is 51.5 Å². The van der Waals surface area contributed by atoms with E-state index < -0.39 is 5.91 Å². The molecule has 124 valence electrons. The molecule has 2 aromatic heterocycles. The predicted octanol–water partition coefficient (Wildman–Crippen LogP) is 4.38. The number of aromatic nitrogens is 2. The molecule has 6 nitrogen and oxygen atoms in total. The van der Waals surface area contributed by atoms with Gasteiger partial charge in [0.15, 0.2) is 10.4 Å². The second-order valence-corrected chi connectivity index (χ2v) is 6.93. The lowest BCUT2D eigenvalue weighted by Gasteiger charge is -2.00.